The second-order valence-corrected chi connectivity index (χ2v) is 6.04. The summed E-state index contributed by atoms with van der Waals surface area (Å²) in [5.74, 6) is -0.637. The fraction of sp³-hybridized carbons (Fsp3) is 0.105. The summed E-state index contributed by atoms with van der Waals surface area (Å²) in [6, 6.07) is 10.1. The quantitative estimate of drug-likeness (QED) is 0.615. The highest BCUT2D eigenvalue weighted by Crippen LogP contribution is 2.13. The second-order valence-electron chi connectivity index (χ2n) is 6.04. The number of aryl methyl sites for hydroxylation is 1. The maximum atomic E-state index is 13.3. The summed E-state index contributed by atoms with van der Waals surface area (Å²) in [4.78, 5) is 16.8. The minimum absolute atomic E-state index is 0.305. The van der Waals surface area contributed by atoms with Crippen LogP contribution in [-0.4, -0.2) is 25.1 Å². The van der Waals surface area contributed by atoms with Crippen LogP contribution < -0.4 is 5.32 Å². The third-order valence-corrected chi connectivity index (χ3v) is 4.05. The number of fused-ring (bicyclic) bond motifs is 1. The number of nitrogens with one attached hydrogen (secondary N) is 1. The van der Waals surface area contributed by atoms with Gasteiger partial charge in [0.1, 0.15) is 11.5 Å². The first-order valence-electron chi connectivity index (χ1n) is 8.11. The van der Waals surface area contributed by atoms with Gasteiger partial charge >= 0.3 is 0 Å². The van der Waals surface area contributed by atoms with Gasteiger partial charge in [0.2, 0.25) is 0 Å². The van der Waals surface area contributed by atoms with Crippen molar-refractivity contribution < 1.29 is 9.18 Å². The minimum Gasteiger partial charge on any atom is -0.319 e. The van der Waals surface area contributed by atoms with Gasteiger partial charge < -0.3 is 9.72 Å². The molecule has 0 saturated heterocycles. The van der Waals surface area contributed by atoms with Gasteiger partial charge in [-0.3, -0.25) is 9.48 Å². The number of rotatable bonds is 4. The average molecular weight is 349 g/mol. The number of carbonyl (C=O) groups excluding carboxylic acids is 1. The van der Waals surface area contributed by atoms with Gasteiger partial charge in [-0.1, -0.05) is 6.07 Å². The van der Waals surface area contributed by atoms with Gasteiger partial charge in [0, 0.05) is 24.2 Å². The van der Waals surface area contributed by atoms with Crippen LogP contribution in [0.5, 0.6) is 0 Å². The zero-order valence-corrected chi connectivity index (χ0v) is 14.1. The lowest BCUT2D eigenvalue weighted by Gasteiger charge is -2.04. The van der Waals surface area contributed by atoms with Gasteiger partial charge in [-0.15, -0.1) is 0 Å². The maximum absolute atomic E-state index is 13.3. The molecule has 3 aromatic heterocycles. The first kappa shape index (κ1) is 16.0. The Morgan fingerprint density at radius 3 is 2.92 bits per heavy atom. The highest BCUT2D eigenvalue weighted by Gasteiger charge is 2.10. The van der Waals surface area contributed by atoms with Crippen molar-refractivity contribution in [3.63, 3.8) is 0 Å². The Labute approximate surface area is 148 Å². The summed E-state index contributed by atoms with van der Waals surface area (Å²) in [6.07, 6.45) is 7.18. The molecule has 6 nitrogen and oxygen atoms in total. The average Bonchev–Trinajstić information content (AvgIpc) is 3.23. The highest BCUT2D eigenvalue weighted by atomic mass is 19.1. The summed E-state index contributed by atoms with van der Waals surface area (Å²) >= 11 is 0. The molecule has 1 amide bonds. The number of amides is 1. The van der Waals surface area contributed by atoms with Crippen molar-refractivity contribution in [1.82, 2.24) is 19.2 Å². The summed E-state index contributed by atoms with van der Waals surface area (Å²) in [5.41, 5.74) is 3.14. The van der Waals surface area contributed by atoms with Gasteiger partial charge in [0.15, 0.2) is 0 Å². The highest BCUT2D eigenvalue weighted by molar-refractivity contribution is 6.04. The lowest BCUT2D eigenvalue weighted by atomic mass is 10.1. The fourth-order valence-electron chi connectivity index (χ4n) is 2.73. The van der Waals surface area contributed by atoms with Crippen LogP contribution in [0.3, 0.4) is 0 Å². The molecule has 0 fully saturated rings. The monoisotopic (exact) mass is 349 g/mol. The molecule has 0 aliphatic rings. The lowest BCUT2D eigenvalue weighted by Crippen LogP contribution is -2.11. The standard InChI is InChI=1S/C19H16FN5O/c1-13-8-14(5-6-17(13)20)19(26)23-15-9-21-25(11-15)12-16-10-24-7-3-2-4-18(24)22-16/h2-11H,12H2,1H3,(H,23,26). The SMILES string of the molecule is Cc1cc(C(=O)Nc2cnn(Cc3cn4ccccc4n3)c2)ccc1F. The van der Waals surface area contributed by atoms with E-state index >= 15 is 0 Å². The fourth-order valence-corrected chi connectivity index (χ4v) is 2.73. The van der Waals surface area contributed by atoms with Crippen molar-refractivity contribution >= 4 is 17.2 Å². The third-order valence-electron chi connectivity index (χ3n) is 4.05. The normalized spacial score (nSPS) is 11.0. The number of imidazole rings is 1. The van der Waals surface area contributed by atoms with Crippen LogP contribution in [0.4, 0.5) is 10.1 Å². The van der Waals surface area contributed by atoms with Crippen molar-refractivity contribution in [1.29, 1.82) is 0 Å². The third kappa shape index (κ3) is 3.19. The van der Waals surface area contributed by atoms with Crippen molar-refractivity contribution in [3.8, 4) is 0 Å². The molecule has 3 heterocycles. The van der Waals surface area contributed by atoms with Gasteiger partial charge in [-0.05, 0) is 42.8 Å². The van der Waals surface area contributed by atoms with Crippen LogP contribution in [0.1, 0.15) is 21.6 Å². The largest absolute Gasteiger partial charge is 0.319 e. The number of aromatic nitrogens is 4. The Balaban J connectivity index is 1.47. The zero-order chi connectivity index (χ0) is 18.1. The van der Waals surface area contributed by atoms with E-state index in [1.807, 2.05) is 35.0 Å². The number of carbonyl (C=O) groups is 1. The molecule has 0 spiro atoms. The molecule has 4 aromatic rings. The van der Waals surface area contributed by atoms with E-state index in [1.54, 1.807) is 24.0 Å². The van der Waals surface area contributed by atoms with Gasteiger partial charge in [-0.2, -0.15) is 5.10 Å². The first-order chi connectivity index (χ1) is 12.6. The molecule has 0 atom stereocenters. The summed E-state index contributed by atoms with van der Waals surface area (Å²) in [7, 11) is 0. The van der Waals surface area contributed by atoms with Crippen molar-refractivity contribution in [2.45, 2.75) is 13.5 Å². The van der Waals surface area contributed by atoms with Gasteiger partial charge in [0.05, 0.1) is 24.1 Å². The van der Waals surface area contributed by atoms with Gasteiger partial charge in [0.25, 0.3) is 5.91 Å². The predicted molar refractivity (Wildman–Crippen MR) is 95.6 cm³/mol. The second kappa shape index (κ2) is 6.44. The van der Waals surface area contributed by atoms with Crippen LogP contribution >= 0.6 is 0 Å². The molecule has 7 heteroatoms. The first-order valence-corrected chi connectivity index (χ1v) is 8.11. The number of hydrogen-bond acceptors (Lipinski definition) is 3. The Morgan fingerprint density at radius 1 is 1.23 bits per heavy atom. The van der Waals surface area contributed by atoms with E-state index in [1.165, 1.54) is 18.2 Å². The Bertz CT molecular complexity index is 1070. The molecule has 0 radical (unpaired) electrons. The summed E-state index contributed by atoms with van der Waals surface area (Å²) in [6.45, 7) is 2.12. The molecule has 0 unspecified atom stereocenters. The summed E-state index contributed by atoms with van der Waals surface area (Å²) < 4.78 is 17.0. The molecule has 1 aromatic carbocycles. The molecule has 26 heavy (non-hydrogen) atoms. The van der Waals surface area contributed by atoms with E-state index in [-0.39, 0.29) is 11.7 Å². The number of nitrogens with zero attached hydrogens (tertiary/aromatic N) is 4. The van der Waals surface area contributed by atoms with Crippen LogP contribution in [0.15, 0.2) is 61.2 Å². The number of hydrogen-bond donors (Lipinski definition) is 1. The molecular weight excluding hydrogens is 333 g/mol. The smallest absolute Gasteiger partial charge is 0.255 e. The molecule has 130 valence electrons. The molecule has 0 aliphatic heterocycles. The molecular formula is C19H16FN5O. The topological polar surface area (TPSA) is 64.2 Å². The Morgan fingerprint density at radius 2 is 2.12 bits per heavy atom. The summed E-state index contributed by atoms with van der Waals surface area (Å²) in [5, 5.41) is 7.02. The van der Waals surface area contributed by atoms with Crippen molar-refractivity contribution in [2.24, 2.45) is 0 Å². The number of anilines is 1. The van der Waals surface area contributed by atoms with Crippen LogP contribution in [0.2, 0.25) is 0 Å². The number of halogens is 1. The van der Waals surface area contributed by atoms with E-state index in [4.69, 9.17) is 0 Å². The Kier molecular flexibility index (Phi) is 3.96. The van der Waals surface area contributed by atoms with E-state index in [0.29, 0.717) is 23.4 Å². The van der Waals surface area contributed by atoms with E-state index in [0.717, 1.165) is 11.3 Å². The number of pyridine rings is 1. The minimum atomic E-state index is -0.332. The van der Waals surface area contributed by atoms with E-state index in [9.17, 15) is 9.18 Å². The van der Waals surface area contributed by atoms with Crippen LogP contribution in [0.25, 0.3) is 5.65 Å². The molecule has 4 rings (SSSR count). The van der Waals surface area contributed by atoms with Gasteiger partial charge in [-0.25, -0.2) is 9.37 Å². The predicted octanol–water partition coefficient (Wildman–Crippen LogP) is 3.28. The van der Waals surface area contributed by atoms with Crippen molar-refractivity contribution in [2.75, 3.05) is 5.32 Å². The molecule has 0 saturated carbocycles. The lowest BCUT2D eigenvalue weighted by molar-refractivity contribution is 0.102. The van der Waals surface area contributed by atoms with E-state index < -0.39 is 0 Å². The van der Waals surface area contributed by atoms with Crippen molar-refractivity contribution in [3.05, 3.63) is 83.8 Å². The number of benzene rings is 1. The molecule has 0 aliphatic carbocycles. The zero-order valence-electron chi connectivity index (χ0n) is 14.1. The molecule has 0 bridgehead atoms. The van der Waals surface area contributed by atoms with Crippen LogP contribution in [0, 0.1) is 12.7 Å². The Hall–Kier alpha value is -3.48. The van der Waals surface area contributed by atoms with Crippen LogP contribution in [-0.2, 0) is 6.54 Å². The molecule has 1 N–H and O–H groups in total. The maximum Gasteiger partial charge on any atom is 0.255 e. The van der Waals surface area contributed by atoms with E-state index in [2.05, 4.69) is 15.4 Å².